The lowest BCUT2D eigenvalue weighted by atomic mass is 10.1. The second kappa shape index (κ2) is 9.18. The summed E-state index contributed by atoms with van der Waals surface area (Å²) in [5.41, 5.74) is 9.26. The fourth-order valence-electron chi connectivity index (χ4n) is 4.36. The van der Waals surface area contributed by atoms with Crippen LogP contribution in [0.5, 0.6) is 5.75 Å². The van der Waals surface area contributed by atoms with Crippen molar-refractivity contribution >= 4 is 50.5 Å². The van der Waals surface area contributed by atoms with Crippen LogP contribution in [0.3, 0.4) is 0 Å². The van der Waals surface area contributed by atoms with Gasteiger partial charge in [-0.1, -0.05) is 24.3 Å². The highest BCUT2D eigenvalue weighted by atomic mass is 127. The topological polar surface area (TPSA) is 100 Å². The van der Waals surface area contributed by atoms with Crippen LogP contribution in [-0.2, 0) is 13.0 Å². The molecule has 7 nitrogen and oxygen atoms in total. The van der Waals surface area contributed by atoms with Crippen LogP contribution in [-0.4, -0.2) is 22.6 Å². The molecule has 0 aliphatic carbocycles. The van der Waals surface area contributed by atoms with Crippen LogP contribution in [0.15, 0.2) is 69.9 Å². The summed E-state index contributed by atoms with van der Waals surface area (Å²) in [4.78, 5) is 29.2. The van der Waals surface area contributed by atoms with Crippen molar-refractivity contribution in [1.82, 2.24) is 9.55 Å². The van der Waals surface area contributed by atoms with Crippen LogP contribution in [0.4, 0.5) is 0 Å². The molecule has 8 heteroatoms. The molecule has 35 heavy (non-hydrogen) atoms. The van der Waals surface area contributed by atoms with Gasteiger partial charge >= 0.3 is 5.63 Å². The normalized spacial score (nSPS) is 11.3. The first-order valence-corrected chi connectivity index (χ1v) is 12.1. The number of methoxy groups -OCH3 is 1. The van der Waals surface area contributed by atoms with E-state index in [1.807, 2.05) is 42.5 Å². The van der Waals surface area contributed by atoms with Crippen LogP contribution in [0.25, 0.3) is 22.0 Å². The molecule has 0 fully saturated rings. The molecule has 0 aliphatic heterocycles. The Kier molecular flexibility index (Phi) is 6.06. The zero-order valence-corrected chi connectivity index (χ0v) is 21.3. The van der Waals surface area contributed by atoms with Gasteiger partial charge in [0.25, 0.3) is 5.91 Å². The standard InChI is InChI=1S/C27H22IN3O4/c1-15-20-12-21-22(13-23(20)35-27(33)25(15)26(29)32)31(14-17-4-3-5-18(28)10-17)24(30-21)11-16-6-8-19(34-2)9-7-16/h3-10,12-13H,11,14H2,1-2H3,(H2,29,32). The molecule has 0 saturated carbocycles. The lowest BCUT2D eigenvalue weighted by Gasteiger charge is -2.11. The zero-order valence-electron chi connectivity index (χ0n) is 19.2. The third-order valence-corrected chi connectivity index (χ3v) is 6.78. The van der Waals surface area contributed by atoms with Gasteiger partial charge in [0, 0.05) is 28.0 Å². The number of aromatic nitrogens is 2. The summed E-state index contributed by atoms with van der Waals surface area (Å²) in [5.74, 6) is 0.861. The number of halogens is 1. The molecule has 0 radical (unpaired) electrons. The van der Waals surface area contributed by atoms with Crippen LogP contribution >= 0.6 is 22.6 Å². The van der Waals surface area contributed by atoms with Gasteiger partial charge in [0.15, 0.2) is 0 Å². The van der Waals surface area contributed by atoms with Gasteiger partial charge in [-0.15, -0.1) is 0 Å². The molecule has 2 heterocycles. The van der Waals surface area contributed by atoms with E-state index in [4.69, 9.17) is 19.9 Å². The monoisotopic (exact) mass is 579 g/mol. The van der Waals surface area contributed by atoms with E-state index < -0.39 is 11.5 Å². The van der Waals surface area contributed by atoms with Gasteiger partial charge in [0.1, 0.15) is 22.7 Å². The maximum Gasteiger partial charge on any atom is 0.349 e. The molecule has 0 atom stereocenters. The largest absolute Gasteiger partial charge is 0.497 e. The van der Waals surface area contributed by atoms with Crippen molar-refractivity contribution in [1.29, 1.82) is 0 Å². The molecule has 0 bridgehead atoms. The number of primary amides is 1. The number of amides is 1. The Labute approximate surface area is 214 Å². The van der Waals surface area contributed by atoms with Crippen molar-refractivity contribution in [2.45, 2.75) is 19.9 Å². The first kappa shape index (κ1) is 23.1. The second-order valence-corrected chi connectivity index (χ2v) is 9.61. The average molecular weight is 579 g/mol. The molecule has 176 valence electrons. The SMILES string of the molecule is COc1ccc(Cc2nc3cc4c(C)c(C(N)=O)c(=O)oc4cc3n2Cc2cccc(I)c2)cc1. The summed E-state index contributed by atoms with van der Waals surface area (Å²) < 4.78 is 14.1. The lowest BCUT2D eigenvalue weighted by Crippen LogP contribution is -2.22. The van der Waals surface area contributed by atoms with Crippen molar-refractivity contribution in [3.63, 3.8) is 0 Å². The summed E-state index contributed by atoms with van der Waals surface area (Å²) in [6.07, 6.45) is 0.606. The Balaban J connectivity index is 1.71. The molecule has 2 aromatic heterocycles. The predicted octanol–water partition coefficient (Wildman–Crippen LogP) is 4.80. The quantitative estimate of drug-likeness (QED) is 0.230. The van der Waals surface area contributed by atoms with Gasteiger partial charge in [0.2, 0.25) is 0 Å². The fourth-order valence-corrected chi connectivity index (χ4v) is 4.97. The molecule has 2 N–H and O–H groups in total. The van der Waals surface area contributed by atoms with Crippen molar-refractivity contribution in [3.8, 4) is 5.75 Å². The molecular weight excluding hydrogens is 557 g/mol. The molecule has 0 saturated heterocycles. The van der Waals surface area contributed by atoms with Crippen molar-refractivity contribution in [2.24, 2.45) is 5.73 Å². The Bertz CT molecular complexity index is 1650. The number of aryl methyl sites for hydroxylation is 1. The molecule has 1 amide bonds. The molecule has 0 spiro atoms. The van der Waals surface area contributed by atoms with Crippen LogP contribution in [0.1, 0.15) is 32.9 Å². The number of nitrogens with zero attached hydrogens (tertiary/aromatic N) is 2. The number of hydrogen-bond acceptors (Lipinski definition) is 5. The van der Waals surface area contributed by atoms with Crippen LogP contribution < -0.4 is 16.1 Å². The Morgan fingerprint density at radius 2 is 1.89 bits per heavy atom. The highest BCUT2D eigenvalue weighted by molar-refractivity contribution is 14.1. The third-order valence-electron chi connectivity index (χ3n) is 6.11. The van der Waals surface area contributed by atoms with E-state index in [-0.39, 0.29) is 5.56 Å². The molecule has 3 aromatic carbocycles. The number of hydrogen-bond donors (Lipinski definition) is 1. The van der Waals surface area contributed by atoms with Gasteiger partial charge in [-0.25, -0.2) is 9.78 Å². The lowest BCUT2D eigenvalue weighted by molar-refractivity contribution is 0.0996. The summed E-state index contributed by atoms with van der Waals surface area (Å²) in [5, 5.41) is 0.640. The van der Waals surface area contributed by atoms with Gasteiger partial charge < -0.3 is 19.5 Å². The van der Waals surface area contributed by atoms with E-state index in [2.05, 4.69) is 45.4 Å². The summed E-state index contributed by atoms with van der Waals surface area (Å²) in [7, 11) is 1.64. The minimum Gasteiger partial charge on any atom is -0.497 e. The highest BCUT2D eigenvalue weighted by Crippen LogP contribution is 2.28. The maximum absolute atomic E-state index is 12.4. The van der Waals surface area contributed by atoms with Gasteiger partial charge in [-0.3, -0.25) is 4.79 Å². The van der Waals surface area contributed by atoms with E-state index in [0.717, 1.165) is 37.3 Å². The Morgan fingerprint density at radius 1 is 1.11 bits per heavy atom. The van der Waals surface area contributed by atoms with Crippen molar-refractivity contribution < 1.29 is 13.9 Å². The molecular formula is C27H22IN3O4. The maximum atomic E-state index is 12.4. The number of ether oxygens (including phenoxy) is 1. The molecule has 0 aliphatic rings. The summed E-state index contributed by atoms with van der Waals surface area (Å²) >= 11 is 2.30. The Hall–Kier alpha value is -3.66. The van der Waals surface area contributed by atoms with E-state index in [9.17, 15) is 9.59 Å². The van der Waals surface area contributed by atoms with Gasteiger partial charge in [-0.05, 0) is 76.5 Å². The number of imidazole rings is 1. The predicted molar refractivity (Wildman–Crippen MR) is 143 cm³/mol. The number of benzene rings is 3. The Morgan fingerprint density at radius 3 is 2.57 bits per heavy atom. The van der Waals surface area contributed by atoms with Crippen LogP contribution in [0, 0.1) is 10.5 Å². The fraction of sp³-hybridized carbons (Fsp3) is 0.148. The van der Waals surface area contributed by atoms with Crippen molar-refractivity contribution in [2.75, 3.05) is 7.11 Å². The van der Waals surface area contributed by atoms with Crippen LogP contribution in [0.2, 0.25) is 0 Å². The second-order valence-electron chi connectivity index (χ2n) is 8.36. The average Bonchev–Trinajstić information content (AvgIpc) is 3.14. The zero-order chi connectivity index (χ0) is 24.7. The van der Waals surface area contributed by atoms with E-state index >= 15 is 0 Å². The minimum absolute atomic E-state index is 0.131. The first-order chi connectivity index (χ1) is 16.8. The molecule has 5 rings (SSSR count). The summed E-state index contributed by atoms with van der Waals surface area (Å²) in [6, 6.07) is 19.9. The summed E-state index contributed by atoms with van der Waals surface area (Å²) in [6.45, 7) is 2.30. The highest BCUT2D eigenvalue weighted by Gasteiger charge is 2.19. The first-order valence-electron chi connectivity index (χ1n) is 11.0. The smallest absolute Gasteiger partial charge is 0.349 e. The van der Waals surface area contributed by atoms with E-state index in [1.54, 1.807) is 14.0 Å². The number of carbonyl (C=O) groups is 1. The third kappa shape index (κ3) is 4.41. The van der Waals surface area contributed by atoms with E-state index in [1.165, 1.54) is 0 Å². The minimum atomic E-state index is -0.803. The number of fused-ring (bicyclic) bond motifs is 2. The molecule has 0 unspecified atom stereocenters. The number of nitrogens with two attached hydrogens (primary N) is 1. The van der Waals surface area contributed by atoms with Gasteiger partial charge in [-0.2, -0.15) is 0 Å². The molecule has 5 aromatic rings. The van der Waals surface area contributed by atoms with E-state index in [0.29, 0.717) is 29.5 Å². The number of carbonyl (C=O) groups excluding carboxylic acids is 1. The van der Waals surface area contributed by atoms with Crippen molar-refractivity contribution in [3.05, 3.63) is 103 Å². The van der Waals surface area contributed by atoms with Gasteiger partial charge in [0.05, 0.1) is 18.1 Å². The number of rotatable bonds is 6.